The molecule has 0 heterocycles. The molecule has 0 unspecified atom stereocenters. The number of benzene rings is 1. The second-order valence-electron chi connectivity index (χ2n) is 4.59. The molecular weight excluding hydrogens is 196 g/mol. The van der Waals surface area contributed by atoms with E-state index in [0.29, 0.717) is 0 Å². The van der Waals surface area contributed by atoms with Gasteiger partial charge in [-0.2, -0.15) is 5.26 Å². The summed E-state index contributed by atoms with van der Waals surface area (Å²) in [7, 11) is 1.79. The van der Waals surface area contributed by atoms with E-state index in [2.05, 4.69) is 18.3 Å². The van der Waals surface area contributed by atoms with Crippen molar-refractivity contribution in [3.63, 3.8) is 0 Å². The minimum Gasteiger partial charge on any atom is -0.283 e. The van der Waals surface area contributed by atoms with Crippen LogP contribution >= 0.6 is 0 Å². The van der Waals surface area contributed by atoms with Crippen molar-refractivity contribution >= 4 is 5.69 Å². The van der Waals surface area contributed by atoms with Gasteiger partial charge >= 0.3 is 0 Å². The molecule has 1 aromatic rings. The van der Waals surface area contributed by atoms with Gasteiger partial charge in [0.1, 0.15) is 0 Å². The van der Waals surface area contributed by atoms with Gasteiger partial charge < -0.3 is 0 Å². The van der Waals surface area contributed by atoms with Crippen LogP contribution in [0.4, 0.5) is 5.69 Å². The van der Waals surface area contributed by atoms with E-state index in [9.17, 15) is 0 Å². The van der Waals surface area contributed by atoms with Crippen LogP contribution in [0.5, 0.6) is 0 Å². The van der Waals surface area contributed by atoms with Gasteiger partial charge in [0.25, 0.3) is 0 Å². The Labute approximate surface area is 97.5 Å². The first-order valence-electron chi connectivity index (χ1n) is 6.04. The standard InChI is InChI=1S/C14H18N2/c1-16(11-15)14-9-7-13(8-10-14)12-5-3-2-4-6-12/h7-10,12H,2-6H2,1H3. The summed E-state index contributed by atoms with van der Waals surface area (Å²) in [6, 6.07) is 8.46. The Morgan fingerprint density at radius 1 is 1.12 bits per heavy atom. The predicted octanol–water partition coefficient (Wildman–Crippen LogP) is 3.65. The molecule has 2 heteroatoms. The number of nitriles is 1. The van der Waals surface area contributed by atoms with Crippen molar-refractivity contribution in [2.45, 2.75) is 38.0 Å². The summed E-state index contributed by atoms with van der Waals surface area (Å²) in [5.74, 6) is 0.746. The topological polar surface area (TPSA) is 27.0 Å². The second kappa shape index (κ2) is 5.03. The van der Waals surface area contributed by atoms with Gasteiger partial charge in [0.15, 0.2) is 6.19 Å². The lowest BCUT2D eigenvalue weighted by molar-refractivity contribution is 0.443. The van der Waals surface area contributed by atoms with Crippen molar-refractivity contribution in [3.8, 4) is 6.19 Å². The molecular formula is C14H18N2. The van der Waals surface area contributed by atoms with Crippen LogP contribution in [0.1, 0.15) is 43.6 Å². The summed E-state index contributed by atoms with van der Waals surface area (Å²) < 4.78 is 0. The van der Waals surface area contributed by atoms with Crippen LogP contribution in [0.3, 0.4) is 0 Å². The molecule has 0 spiro atoms. The molecule has 16 heavy (non-hydrogen) atoms. The SMILES string of the molecule is CN(C#N)c1ccc(C2CCCCC2)cc1. The molecule has 1 saturated carbocycles. The molecule has 1 fully saturated rings. The third-order valence-corrected chi connectivity index (χ3v) is 3.51. The van der Waals surface area contributed by atoms with Crippen LogP contribution in [0.15, 0.2) is 24.3 Å². The zero-order valence-corrected chi connectivity index (χ0v) is 9.82. The smallest absolute Gasteiger partial charge is 0.183 e. The van der Waals surface area contributed by atoms with E-state index in [1.165, 1.54) is 37.7 Å². The van der Waals surface area contributed by atoms with Crippen molar-refractivity contribution in [1.82, 2.24) is 0 Å². The highest BCUT2D eigenvalue weighted by molar-refractivity contribution is 5.50. The van der Waals surface area contributed by atoms with Gasteiger partial charge in [-0.25, -0.2) is 0 Å². The average Bonchev–Trinajstić information content (AvgIpc) is 2.39. The van der Waals surface area contributed by atoms with E-state index in [-0.39, 0.29) is 0 Å². The highest BCUT2D eigenvalue weighted by Gasteiger charge is 2.15. The molecule has 0 radical (unpaired) electrons. The zero-order valence-electron chi connectivity index (χ0n) is 9.82. The van der Waals surface area contributed by atoms with Gasteiger partial charge in [-0.3, -0.25) is 4.90 Å². The van der Waals surface area contributed by atoms with E-state index >= 15 is 0 Å². The lowest BCUT2D eigenvalue weighted by Crippen LogP contribution is -2.08. The van der Waals surface area contributed by atoms with Gasteiger partial charge in [0.05, 0.1) is 5.69 Å². The van der Waals surface area contributed by atoms with Crippen LogP contribution in [-0.2, 0) is 0 Å². The molecule has 84 valence electrons. The fraction of sp³-hybridized carbons (Fsp3) is 0.500. The highest BCUT2D eigenvalue weighted by Crippen LogP contribution is 2.33. The summed E-state index contributed by atoms with van der Waals surface area (Å²) >= 11 is 0. The first kappa shape index (κ1) is 11.0. The summed E-state index contributed by atoms with van der Waals surface area (Å²) in [5, 5.41) is 8.78. The summed E-state index contributed by atoms with van der Waals surface area (Å²) in [5.41, 5.74) is 2.41. The van der Waals surface area contributed by atoms with Gasteiger partial charge in [0, 0.05) is 7.05 Å². The maximum Gasteiger partial charge on any atom is 0.183 e. The van der Waals surface area contributed by atoms with Gasteiger partial charge in [0.2, 0.25) is 0 Å². The summed E-state index contributed by atoms with van der Waals surface area (Å²) in [4.78, 5) is 1.59. The van der Waals surface area contributed by atoms with Crippen molar-refractivity contribution < 1.29 is 0 Å². The molecule has 1 aromatic carbocycles. The molecule has 1 aliphatic rings. The van der Waals surface area contributed by atoms with Crippen molar-refractivity contribution in [3.05, 3.63) is 29.8 Å². The minimum absolute atomic E-state index is 0.746. The quantitative estimate of drug-likeness (QED) is 0.555. The van der Waals surface area contributed by atoms with Crippen LogP contribution in [0.2, 0.25) is 0 Å². The Morgan fingerprint density at radius 2 is 1.75 bits per heavy atom. The normalized spacial score (nSPS) is 16.8. The summed E-state index contributed by atoms with van der Waals surface area (Å²) in [6.07, 6.45) is 8.89. The van der Waals surface area contributed by atoms with Crippen LogP contribution in [-0.4, -0.2) is 7.05 Å². The third-order valence-electron chi connectivity index (χ3n) is 3.51. The van der Waals surface area contributed by atoms with E-state index in [1.807, 2.05) is 12.1 Å². The lowest BCUT2D eigenvalue weighted by atomic mass is 9.84. The predicted molar refractivity (Wildman–Crippen MR) is 66.3 cm³/mol. The molecule has 0 amide bonds. The number of nitrogens with zero attached hydrogens (tertiary/aromatic N) is 2. The first-order chi connectivity index (χ1) is 7.81. The maximum absolute atomic E-state index is 8.78. The summed E-state index contributed by atoms with van der Waals surface area (Å²) in [6.45, 7) is 0. The zero-order chi connectivity index (χ0) is 11.4. The fourth-order valence-corrected chi connectivity index (χ4v) is 2.46. The Kier molecular flexibility index (Phi) is 3.46. The number of hydrogen-bond acceptors (Lipinski definition) is 2. The van der Waals surface area contributed by atoms with E-state index in [4.69, 9.17) is 5.26 Å². The van der Waals surface area contributed by atoms with Crippen molar-refractivity contribution in [2.24, 2.45) is 0 Å². The molecule has 1 aliphatic carbocycles. The third kappa shape index (κ3) is 2.36. The van der Waals surface area contributed by atoms with E-state index in [1.54, 1.807) is 11.9 Å². The minimum atomic E-state index is 0.746. The number of rotatable bonds is 2. The Balaban J connectivity index is 2.09. The van der Waals surface area contributed by atoms with Crippen LogP contribution < -0.4 is 4.90 Å². The van der Waals surface area contributed by atoms with Crippen molar-refractivity contribution in [2.75, 3.05) is 11.9 Å². The number of hydrogen-bond donors (Lipinski definition) is 0. The number of anilines is 1. The monoisotopic (exact) mass is 214 g/mol. The van der Waals surface area contributed by atoms with Gasteiger partial charge in [-0.05, 0) is 36.5 Å². The molecule has 2 nitrogen and oxygen atoms in total. The maximum atomic E-state index is 8.78. The van der Waals surface area contributed by atoms with E-state index in [0.717, 1.165) is 11.6 Å². The lowest BCUT2D eigenvalue weighted by Gasteiger charge is -2.22. The molecule has 0 saturated heterocycles. The van der Waals surface area contributed by atoms with Crippen LogP contribution in [0.25, 0.3) is 0 Å². The van der Waals surface area contributed by atoms with Gasteiger partial charge in [-0.1, -0.05) is 31.4 Å². The van der Waals surface area contributed by atoms with E-state index < -0.39 is 0 Å². The second-order valence-corrected chi connectivity index (χ2v) is 4.59. The van der Waals surface area contributed by atoms with Crippen LogP contribution in [0, 0.1) is 11.5 Å². The average molecular weight is 214 g/mol. The highest BCUT2D eigenvalue weighted by atomic mass is 15.1. The Bertz CT molecular complexity index is 369. The molecule has 0 N–H and O–H groups in total. The van der Waals surface area contributed by atoms with Gasteiger partial charge in [-0.15, -0.1) is 0 Å². The Morgan fingerprint density at radius 3 is 2.31 bits per heavy atom. The molecule has 0 atom stereocenters. The first-order valence-corrected chi connectivity index (χ1v) is 6.04. The molecule has 2 rings (SSSR count). The van der Waals surface area contributed by atoms with Crippen molar-refractivity contribution in [1.29, 1.82) is 5.26 Å². The largest absolute Gasteiger partial charge is 0.283 e. The molecule has 0 bridgehead atoms. The Hall–Kier alpha value is -1.49. The fourth-order valence-electron chi connectivity index (χ4n) is 2.46. The molecule has 0 aromatic heterocycles. The molecule has 0 aliphatic heterocycles.